The smallest absolute Gasteiger partial charge is 0.0609 e. The molecule has 0 aliphatic heterocycles. The number of hydrogen-bond donors (Lipinski definition) is 0. The van der Waals surface area contributed by atoms with Gasteiger partial charge in [-0.3, -0.25) is 4.90 Å². The maximum Gasteiger partial charge on any atom is 0.0609 e. The molecule has 0 radical (unpaired) electrons. The Labute approximate surface area is 49.3 Å². The molecule has 0 heterocycles. The number of rotatable bonds is 1. The summed E-state index contributed by atoms with van der Waals surface area (Å²) >= 11 is 5.06. The quantitative estimate of drug-likeness (QED) is 0.458. The van der Waals surface area contributed by atoms with E-state index in [1.807, 2.05) is 19.0 Å². The van der Waals surface area contributed by atoms with E-state index in [1.165, 1.54) is 0 Å². The normalized spacial score (nSPS) is 8.00. The molecular formula is C5H8ClN. The van der Waals surface area contributed by atoms with Crippen LogP contribution in [-0.4, -0.2) is 25.5 Å². The van der Waals surface area contributed by atoms with Crippen LogP contribution < -0.4 is 0 Å². The van der Waals surface area contributed by atoms with E-state index in [0.717, 1.165) is 6.54 Å². The van der Waals surface area contributed by atoms with E-state index in [4.69, 9.17) is 11.6 Å². The van der Waals surface area contributed by atoms with Crippen LogP contribution in [0.5, 0.6) is 0 Å². The zero-order valence-corrected chi connectivity index (χ0v) is 5.29. The summed E-state index contributed by atoms with van der Waals surface area (Å²) in [5.41, 5.74) is 0. The highest BCUT2D eigenvalue weighted by Crippen LogP contribution is 1.69. The van der Waals surface area contributed by atoms with E-state index in [1.54, 1.807) is 0 Å². The zero-order chi connectivity index (χ0) is 5.70. The predicted octanol–water partition coefficient (Wildman–Crippen LogP) is 0.748. The molecule has 0 bridgehead atoms. The highest BCUT2D eigenvalue weighted by molar-refractivity contribution is 6.30. The molecule has 0 fully saturated rings. The molecule has 0 N–H and O–H groups in total. The second kappa shape index (κ2) is 3.98. The topological polar surface area (TPSA) is 3.24 Å². The average molecular weight is 118 g/mol. The van der Waals surface area contributed by atoms with Crippen LogP contribution in [0.3, 0.4) is 0 Å². The molecule has 0 aliphatic rings. The third-order valence-corrected chi connectivity index (χ3v) is 0.596. The summed E-state index contributed by atoms with van der Waals surface area (Å²) in [7, 11) is 3.89. The molecule has 2 heteroatoms. The molecule has 0 aromatic carbocycles. The van der Waals surface area contributed by atoms with Crippen LogP contribution in [0, 0.1) is 11.3 Å². The molecule has 0 aromatic heterocycles. The largest absolute Gasteiger partial charge is 0.298 e. The Morgan fingerprint density at radius 1 is 1.57 bits per heavy atom. The first kappa shape index (κ1) is 6.81. The highest BCUT2D eigenvalue weighted by Gasteiger charge is 1.77. The predicted molar refractivity (Wildman–Crippen MR) is 32.2 cm³/mol. The van der Waals surface area contributed by atoms with E-state index >= 15 is 0 Å². The van der Waals surface area contributed by atoms with Gasteiger partial charge in [0.25, 0.3) is 0 Å². The molecule has 0 atom stereocenters. The molecule has 0 spiro atoms. The lowest BCUT2D eigenvalue weighted by Gasteiger charge is -1.99. The van der Waals surface area contributed by atoms with Crippen molar-refractivity contribution in [3.63, 3.8) is 0 Å². The van der Waals surface area contributed by atoms with E-state index in [9.17, 15) is 0 Å². The molecule has 7 heavy (non-hydrogen) atoms. The van der Waals surface area contributed by atoms with Gasteiger partial charge >= 0.3 is 0 Å². The highest BCUT2D eigenvalue weighted by atomic mass is 35.5. The summed E-state index contributed by atoms with van der Waals surface area (Å²) in [5, 5.41) is 2.28. The Balaban J connectivity index is 3.08. The van der Waals surface area contributed by atoms with Crippen molar-refractivity contribution in [3.8, 4) is 11.3 Å². The van der Waals surface area contributed by atoms with Crippen LogP contribution in [0.25, 0.3) is 0 Å². The minimum Gasteiger partial charge on any atom is -0.298 e. The second-order valence-corrected chi connectivity index (χ2v) is 1.70. The summed E-state index contributed by atoms with van der Waals surface area (Å²) in [5.74, 6) is 2.69. The molecule has 0 saturated heterocycles. The van der Waals surface area contributed by atoms with Gasteiger partial charge in [-0.05, 0) is 25.7 Å². The van der Waals surface area contributed by atoms with Gasteiger partial charge in [0.2, 0.25) is 0 Å². The van der Waals surface area contributed by atoms with Gasteiger partial charge < -0.3 is 0 Å². The molecule has 0 aromatic rings. The molecular weight excluding hydrogens is 110 g/mol. The minimum atomic E-state index is 0.740. The van der Waals surface area contributed by atoms with Gasteiger partial charge in [0.1, 0.15) is 0 Å². The zero-order valence-electron chi connectivity index (χ0n) is 4.53. The maximum absolute atomic E-state index is 5.06. The van der Waals surface area contributed by atoms with Crippen LogP contribution >= 0.6 is 11.6 Å². The van der Waals surface area contributed by atoms with Crippen molar-refractivity contribution in [2.45, 2.75) is 0 Å². The van der Waals surface area contributed by atoms with Crippen molar-refractivity contribution >= 4 is 11.6 Å². The van der Waals surface area contributed by atoms with Crippen molar-refractivity contribution in [1.29, 1.82) is 0 Å². The van der Waals surface area contributed by atoms with Crippen molar-refractivity contribution in [2.24, 2.45) is 0 Å². The summed E-state index contributed by atoms with van der Waals surface area (Å²) in [6, 6.07) is 0. The van der Waals surface area contributed by atoms with Crippen LogP contribution in [0.2, 0.25) is 0 Å². The molecule has 0 unspecified atom stereocenters. The molecule has 0 aliphatic carbocycles. The van der Waals surface area contributed by atoms with E-state index < -0.39 is 0 Å². The van der Waals surface area contributed by atoms with Gasteiger partial charge in [0.15, 0.2) is 0 Å². The first-order valence-corrected chi connectivity index (χ1v) is 2.38. The minimum absolute atomic E-state index is 0.740. The number of nitrogens with zero attached hydrogens (tertiary/aromatic N) is 1. The molecule has 1 nitrogen and oxygen atoms in total. The van der Waals surface area contributed by atoms with Crippen molar-refractivity contribution in [1.82, 2.24) is 4.90 Å². The lowest BCUT2D eigenvalue weighted by Crippen LogP contribution is -2.10. The van der Waals surface area contributed by atoms with Gasteiger partial charge in [0, 0.05) is 5.38 Å². The summed E-state index contributed by atoms with van der Waals surface area (Å²) < 4.78 is 0. The first-order chi connectivity index (χ1) is 3.27. The van der Waals surface area contributed by atoms with E-state index in [-0.39, 0.29) is 0 Å². The van der Waals surface area contributed by atoms with Gasteiger partial charge in [-0.25, -0.2) is 0 Å². The lowest BCUT2D eigenvalue weighted by atomic mass is 10.6. The monoisotopic (exact) mass is 117 g/mol. The Morgan fingerprint density at radius 3 is 2.29 bits per heavy atom. The van der Waals surface area contributed by atoms with Crippen molar-refractivity contribution in [2.75, 3.05) is 20.6 Å². The Bertz CT molecular complexity index is 88.0. The SMILES string of the molecule is CN(C)CC#CCl. The molecule has 0 saturated carbocycles. The van der Waals surface area contributed by atoms with Crippen LogP contribution in [0.1, 0.15) is 0 Å². The third-order valence-electron chi connectivity index (χ3n) is 0.462. The second-order valence-electron chi connectivity index (χ2n) is 1.51. The first-order valence-electron chi connectivity index (χ1n) is 2.00. The average Bonchev–Trinajstić information content (AvgIpc) is 1.61. The molecule has 0 rings (SSSR count). The number of halogens is 1. The fraction of sp³-hybridized carbons (Fsp3) is 0.600. The summed E-state index contributed by atoms with van der Waals surface area (Å²) in [4.78, 5) is 1.95. The number of hydrogen-bond acceptors (Lipinski definition) is 1. The van der Waals surface area contributed by atoms with Gasteiger partial charge in [0.05, 0.1) is 6.54 Å². The summed E-state index contributed by atoms with van der Waals surface area (Å²) in [6.45, 7) is 0.740. The van der Waals surface area contributed by atoms with Crippen LogP contribution in [0.4, 0.5) is 0 Å². The summed E-state index contributed by atoms with van der Waals surface area (Å²) in [6.07, 6.45) is 0. The third kappa shape index (κ3) is 5.81. The van der Waals surface area contributed by atoms with Crippen molar-refractivity contribution < 1.29 is 0 Å². The lowest BCUT2D eigenvalue weighted by molar-refractivity contribution is 0.464. The van der Waals surface area contributed by atoms with Gasteiger partial charge in [-0.15, -0.1) is 0 Å². The van der Waals surface area contributed by atoms with Gasteiger partial charge in [-0.2, -0.15) is 0 Å². The maximum atomic E-state index is 5.06. The Kier molecular flexibility index (Phi) is 3.87. The molecule has 0 amide bonds. The van der Waals surface area contributed by atoms with E-state index in [0.29, 0.717) is 0 Å². The molecule has 40 valence electrons. The van der Waals surface area contributed by atoms with Crippen LogP contribution in [0.15, 0.2) is 0 Å². The Hall–Kier alpha value is -0.190. The fourth-order valence-corrected chi connectivity index (χ4v) is 0.248. The van der Waals surface area contributed by atoms with Gasteiger partial charge in [-0.1, -0.05) is 5.92 Å². The van der Waals surface area contributed by atoms with Crippen molar-refractivity contribution in [3.05, 3.63) is 0 Å². The standard InChI is InChI=1S/C5H8ClN/c1-7(2)5-3-4-6/h5H2,1-2H3. The fourth-order valence-electron chi connectivity index (χ4n) is 0.188. The Morgan fingerprint density at radius 2 is 2.14 bits per heavy atom. The van der Waals surface area contributed by atoms with E-state index in [2.05, 4.69) is 11.3 Å². The van der Waals surface area contributed by atoms with Crippen LogP contribution in [-0.2, 0) is 0 Å².